The van der Waals surface area contributed by atoms with E-state index in [0.717, 1.165) is 16.2 Å². The third-order valence-electron chi connectivity index (χ3n) is 3.51. The molecule has 1 heterocycles. The van der Waals surface area contributed by atoms with E-state index in [1.807, 2.05) is 35.9 Å². The summed E-state index contributed by atoms with van der Waals surface area (Å²) in [6, 6.07) is 11.8. The molecule has 1 aromatic heterocycles. The highest BCUT2D eigenvalue weighted by molar-refractivity contribution is 7.99. The zero-order valence-electron chi connectivity index (χ0n) is 13.1. The molecule has 0 aliphatic rings. The molecule has 0 aliphatic heterocycles. The Balaban J connectivity index is 1.67. The maximum absolute atomic E-state index is 12.1. The van der Waals surface area contributed by atoms with Gasteiger partial charge >= 0.3 is 0 Å². The summed E-state index contributed by atoms with van der Waals surface area (Å²) in [7, 11) is 1.89. The highest BCUT2D eigenvalue weighted by Gasteiger charge is 2.15. The number of nitrogens with zero attached hydrogens (tertiary/aromatic N) is 3. The van der Waals surface area contributed by atoms with E-state index in [1.54, 1.807) is 0 Å². The van der Waals surface area contributed by atoms with Crippen molar-refractivity contribution < 1.29 is 9.72 Å². The van der Waals surface area contributed by atoms with Crippen LogP contribution in [0.25, 0.3) is 11.0 Å². The average molecular weight is 377 g/mol. The summed E-state index contributed by atoms with van der Waals surface area (Å²) in [5, 5.41) is 14.3. The highest BCUT2D eigenvalue weighted by Crippen LogP contribution is 2.28. The molecule has 9 heteroatoms. The number of anilines is 1. The number of carbonyl (C=O) groups is 1. The molecule has 0 saturated heterocycles. The molecule has 25 heavy (non-hydrogen) atoms. The molecule has 0 aliphatic carbocycles. The minimum absolute atomic E-state index is 0.0251. The van der Waals surface area contributed by atoms with Gasteiger partial charge in [-0.05, 0) is 24.3 Å². The van der Waals surface area contributed by atoms with Crippen molar-refractivity contribution in [2.75, 3.05) is 11.1 Å². The van der Waals surface area contributed by atoms with E-state index >= 15 is 0 Å². The number of nitro groups is 1. The van der Waals surface area contributed by atoms with Crippen molar-refractivity contribution in [1.82, 2.24) is 9.55 Å². The molecule has 0 fully saturated rings. The van der Waals surface area contributed by atoms with E-state index in [9.17, 15) is 14.9 Å². The number of fused-ring (bicyclic) bond motifs is 1. The second-order valence-electron chi connectivity index (χ2n) is 5.20. The Morgan fingerprint density at radius 3 is 2.84 bits per heavy atom. The number of nitro benzene ring substituents is 1. The Morgan fingerprint density at radius 2 is 2.12 bits per heavy atom. The maximum Gasteiger partial charge on any atom is 0.289 e. The summed E-state index contributed by atoms with van der Waals surface area (Å²) in [4.78, 5) is 26.9. The number of halogens is 1. The monoisotopic (exact) mass is 376 g/mol. The average Bonchev–Trinajstić information content (AvgIpc) is 2.91. The van der Waals surface area contributed by atoms with Gasteiger partial charge in [0.05, 0.1) is 21.7 Å². The van der Waals surface area contributed by atoms with Gasteiger partial charge < -0.3 is 9.88 Å². The minimum Gasteiger partial charge on any atom is -0.325 e. The van der Waals surface area contributed by atoms with Crippen molar-refractivity contribution in [3.8, 4) is 0 Å². The molecular weight excluding hydrogens is 364 g/mol. The lowest BCUT2D eigenvalue weighted by Gasteiger charge is -2.06. The summed E-state index contributed by atoms with van der Waals surface area (Å²) in [5.74, 6) is -0.151. The first kappa shape index (κ1) is 17.2. The topological polar surface area (TPSA) is 90.1 Å². The molecular formula is C16H13ClN4O3S. The van der Waals surface area contributed by atoms with Crippen molar-refractivity contribution in [3.05, 3.63) is 57.6 Å². The summed E-state index contributed by atoms with van der Waals surface area (Å²) >= 11 is 7.05. The van der Waals surface area contributed by atoms with E-state index < -0.39 is 4.92 Å². The van der Waals surface area contributed by atoms with Gasteiger partial charge in [-0.1, -0.05) is 35.5 Å². The SMILES string of the molecule is Cn1c(SCC(=O)Nc2ccc(Cl)c([N+](=O)[O-])c2)nc2ccccc21. The number of imidazole rings is 1. The Labute approximate surface area is 152 Å². The van der Waals surface area contributed by atoms with Gasteiger partial charge in [-0.15, -0.1) is 0 Å². The fraction of sp³-hybridized carbons (Fsp3) is 0.125. The number of amides is 1. The van der Waals surface area contributed by atoms with Crippen LogP contribution in [0.4, 0.5) is 11.4 Å². The van der Waals surface area contributed by atoms with E-state index in [0.29, 0.717) is 5.69 Å². The standard InChI is InChI=1S/C16H13ClN4O3S/c1-20-13-5-3-2-4-12(13)19-16(20)25-9-15(22)18-10-6-7-11(17)14(8-10)21(23)24/h2-8H,9H2,1H3,(H,18,22). The van der Waals surface area contributed by atoms with Crippen molar-refractivity contribution >= 4 is 51.7 Å². The van der Waals surface area contributed by atoms with E-state index in [4.69, 9.17) is 11.6 Å². The normalized spacial score (nSPS) is 10.8. The van der Waals surface area contributed by atoms with Crippen LogP contribution in [0.15, 0.2) is 47.6 Å². The molecule has 7 nitrogen and oxygen atoms in total. The number of hydrogen-bond acceptors (Lipinski definition) is 5. The molecule has 0 unspecified atom stereocenters. The summed E-state index contributed by atoms with van der Waals surface area (Å²) in [6.45, 7) is 0. The minimum atomic E-state index is -0.591. The lowest BCUT2D eigenvalue weighted by Crippen LogP contribution is -2.14. The largest absolute Gasteiger partial charge is 0.325 e. The van der Waals surface area contributed by atoms with Gasteiger partial charge in [-0.3, -0.25) is 14.9 Å². The number of thioether (sulfide) groups is 1. The van der Waals surface area contributed by atoms with Gasteiger partial charge in [0.15, 0.2) is 5.16 Å². The van der Waals surface area contributed by atoms with E-state index in [2.05, 4.69) is 10.3 Å². The molecule has 2 aromatic carbocycles. The molecule has 1 N–H and O–H groups in total. The second kappa shape index (κ2) is 7.12. The predicted octanol–water partition coefficient (Wildman–Crippen LogP) is 3.87. The summed E-state index contributed by atoms with van der Waals surface area (Å²) < 4.78 is 1.92. The van der Waals surface area contributed by atoms with Crippen LogP contribution in [0.2, 0.25) is 5.02 Å². The zero-order chi connectivity index (χ0) is 18.0. The van der Waals surface area contributed by atoms with Crippen LogP contribution in [0.3, 0.4) is 0 Å². The van der Waals surface area contributed by atoms with Crippen LogP contribution in [-0.4, -0.2) is 26.1 Å². The number of carbonyl (C=O) groups excluding carboxylic acids is 1. The first-order valence-electron chi connectivity index (χ1n) is 7.24. The smallest absolute Gasteiger partial charge is 0.289 e. The number of aryl methyl sites for hydroxylation is 1. The second-order valence-corrected chi connectivity index (χ2v) is 6.55. The summed E-state index contributed by atoms with van der Waals surface area (Å²) in [5.41, 5.74) is 1.93. The molecule has 0 saturated carbocycles. The number of benzene rings is 2. The van der Waals surface area contributed by atoms with Crippen molar-refractivity contribution in [2.24, 2.45) is 7.05 Å². The Kier molecular flexibility index (Phi) is 4.91. The van der Waals surface area contributed by atoms with Gasteiger partial charge in [0.25, 0.3) is 5.69 Å². The van der Waals surface area contributed by atoms with Crippen LogP contribution < -0.4 is 5.32 Å². The third-order valence-corrected chi connectivity index (χ3v) is 4.85. The van der Waals surface area contributed by atoms with Crippen LogP contribution in [0.1, 0.15) is 0 Å². The molecule has 1 amide bonds. The van der Waals surface area contributed by atoms with Crippen LogP contribution in [0.5, 0.6) is 0 Å². The summed E-state index contributed by atoms with van der Waals surface area (Å²) in [6.07, 6.45) is 0. The fourth-order valence-corrected chi connectivity index (χ4v) is 3.28. The Hall–Kier alpha value is -2.58. The van der Waals surface area contributed by atoms with Gasteiger partial charge in [0, 0.05) is 18.8 Å². The van der Waals surface area contributed by atoms with Gasteiger partial charge in [0.2, 0.25) is 5.91 Å². The first-order chi connectivity index (χ1) is 12.0. The van der Waals surface area contributed by atoms with Crippen LogP contribution >= 0.6 is 23.4 Å². The number of para-hydroxylation sites is 2. The van der Waals surface area contributed by atoms with E-state index in [-0.39, 0.29) is 22.4 Å². The molecule has 128 valence electrons. The molecule has 0 radical (unpaired) electrons. The van der Waals surface area contributed by atoms with Gasteiger partial charge in [0.1, 0.15) is 5.02 Å². The number of rotatable bonds is 5. The number of nitrogens with one attached hydrogen (secondary N) is 1. The first-order valence-corrected chi connectivity index (χ1v) is 8.60. The molecule has 3 aromatic rings. The van der Waals surface area contributed by atoms with Crippen molar-refractivity contribution in [3.63, 3.8) is 0 Å². The Morgan fingerprint density at radius 1 is 1.36 bits per heavy atom. The van der Waals surface area contributed by atoms with Crippen molar-refractivity contribution in [2.45, 2.75) is 5.16 Å². The van der Waals surface area contributed by atoms with Crippen LogP contribution in [0, 0.1) is 10.1 Å². The predicted molar refractivity (Wildman–Crippen MR) is 98.2 cm³/mol. The molecule has 0 spiro atoms. The zero-order valence-corrected chi connectivity index (χ0v) is 14.7. The molecule has 3 rings (SSSR count). The number of hydrogen-bond donors (Lipinski definition) is 1. The fourth-order valence-electron chi connectivity index (χ4n) is 2.31. The van der Waals surface area contributed by atoms with Gasteiger partial charge in [-0.25, -0.2) is 4.98 Å². The third kappa shape index (κ3) is 3.75. The maximum atomic E-state index is 12.1. The van der Waals surface area contributed by atoms with Crippen molar-refractivity contribution in [1.29, 1.82) is 0 Å². The van der Waals surface area contributed by atoms with Crippen LogP contribution in [-0.2, 0) is 11.8 Å². The van der Waals surface area contributed by atoms with Gasteiger partial charge in [-0.2, -0.15) is 0 Å². The number of aromatic nitrogens is 2. The van der Waals surface area contributed by atoms with E-state index in [1.165, 1.54) is 30.0 Å². The lowest BCUT2D eigenvalue weighted by molar-refractivity contribution is -0.384. The quantitative estimate of drug-likeness (QED) is 0.414. The highest BCUT2D eigenvalue weighted by atomic mass is 35.5. The Bertz CT molecular complexity index is 973. The molecule has 0 atom stereocenters. The lowest BCUT2D eigenvalue weighted by atomic mass is 10.3. The molecule has 0 bridgehead atoms.